The van der Waals surface area contributed by atoms with E-state index in [1.807, 2.05) is 12.1 Å². The third-order valence-corrected chi connectivity index (χ3v) is 6.50. The van der Waals surface area contributed by atoms with Crippen LogP contribution in [0.3, 0.4) is 0 Å². The van der Waals surface area contributed by atoms with E-state index in [-0.39, 0.29) is 17.7 Å². The van der Waals surface area contributed by atoms with Crippen LogP contribution in [0.4, 0.5) is 5.69 Å². The molecule has 8 nitrogen and oxygen atoms in total. The van der Waals surface area contributed by atoms with Gasteiger partial charge in [-0.25, -0.2) is 18.5 Å². The summed E-state index contributed by atoms with van der Waals surface area (Å²) in [6, 6.07) is 9.64. The van der Waals surface area contributed by atoms with Crippen LogP contribution >= 0.6 is 0 Å². The Bertz CT molecular complexity index is 1230. The summed E-state index contributed by atoms with van der Waals surface area (Å²) in [6.45, 7) is 0.148. The summed E-state index contributed by atoms with van der Waals surface area (Å²) in [5, 5.41) is 9.25. The van der Waals surface area contributed by atoms with Crippen molar-refractivity contribution in [2.24, 2.45) is 5.14 Å². The molecule has 0 aliphatic heterocycles. The van der Waals surface area contributed by atoms with E-state index in [0.717, 1.165) is 48.9 Å². The molecule has 2 aliphatic rings. The molecule has 30 heavy (non-hydrogen) atoms. The first-order chi connectivity index (χ1) is 14.4. The van der Waals surface area contributed by atoms with Gasteiger partial charge in [-0.2, -0.15) is 5.10 Å². The largest absolute Gasteiger partial charge is 0.471 e. The number of rotatable bonds is 6. The van der Waals surface area contributed by atoms with Crippen LogP contribution in [0.25, 0.3) is 11.1 Å². The van der Waals surface area contributed by atoms with Gasteiger partial charge in [0.25, 0.3) is 10.0 Å². The molecule has 2 aromatic heterocycles. The summed E-state index contributed by atoms with van der Waals surface area (Å²) in [4.78, 5) is 4.29. The molecule has 3 aromatic rings. The molecule has 9 heteroatoms. The number of aryl methyl sites for hydroxylation is 1. The van der Waals surface area contributed by atoms with Gasteiger partial charge in [-0.3, -0.25) is 4.68 Å². The van der Waals surface area contributed by atoms with Gasteiger partial charge >= 0.3 is 0 Å². The van der Waals surface area contributed by atoms with Crippen molar-refractivity contribution < 1.29 is 13.2 Å². The van der Waals surface area contributed by atoms with E-state index in [2.05, 4.69) is 22.2 Å². The number of fused-ring (bicyclic) bond motifs is 1. The molecule has 0 radical (unpaired) electrons. The van der Waals surface area contributed by atoms with Crippen molar-refractivity contribution in [2.45, 2.75) is 49.8 Å². The van der Waals surface area contributed by atoms with E-state index >= 15 is 0 Å². The Kier molecular flexibility index (Phi) is 4.52. The zero-order valence-corrected chi connectivity index (χ0v) is 17.2. The van der Waals surface area contributed by atoms with Crippen LogP contribution in [0.1, 0.15) is 42.1 Å². The van der Waals surface area contributed by atoms with Gasteiger partial charge in [-0.05, 0) is 54.9 Å². The number of pyridine rings is 1. The van der Waals surface area contributed by atoms with Gasteiger partial charge in [-0.15, -0.1) is 0 Å². The van der Waals surface area contributed by atoms with Gasteiger partial charge in [-0.1, -0.05) is 12.1 Å². The normalized spacial score (nSPS) is 15.9. The maximum atomic E-state index is 11.7. The molecule has 0 atom stereocenters. The van der Waals surface area contributed by atoms with Gasteiger partial charge in [0.05, 0.1) is 11.7 Å². The second-order valence-corrected chi connectivity index (χ2v) is 9.39. The average Bonchev–Trinajstić information content (AvgIpc) is 3.26. The van der Waals surface area contributed by atoms with Gasteiger partial charge in [0.15, 0.2) is 5.03 Å². The topological polar surface area (TPSA) is 126 Å². The van der Waals surface area contributed by atoms with Crippen molar-refractivity contribution in [1.82, 2.24) is 14.8 Å². The Labute approximate surface area is 174 Å². The molecule has 1 fully saturated rings. The van der Waals surface area contributed by atoms with E-state index in [0.29, 0.717) is 11.6 Å². The Morgan fingerprint density at radius 3 is 2.77 bits per heavy atom. The number of hydrogen-bond acceptors (Lipinski definition) is 6. The van der Waals surface area contributed by atoms with E-state index in [1.54, 1.807) is 10.9 Å². The van der Waals surface area contributed by atoms with Crippen molar-refractivity contribution in [1.29, 1.82) is 0 Å². The van der Waals surface area contributed by atoms with E-state index in [9.17, 15) is 8.42 Å². The predicted octanol–water partition coefficient (Wildman–Crippen LogP) is 2.58. The minimum Gasteiger partial charge on any atom is -0.471 e. The molecule has 2 aliphatic carbocycles. The van der Waals surface area contributed by atoms with Crippen molar-refractivity contribution in [3.8, 4) is 17.0 Å². The summed E-state index contributed by atoms with van der Waals surface area (Å²) >= 11 is 0. The lowest BCUT2D eigenvalue weighted by molar-refractivity contribution is 0.280. The molecule has 5 rings (SSSR count). The zero-order chi connectivity index (χ0) is 20.9. The Morgan fingerprint density at radius 1 is 1.17 bits per heavy atom. The lowest BCUT2D eigenvalue weighted by Crippen LogP contribution is -2.13. The number of nitrogens with zero attached hydrogens (tertiary/aromatic N) is 3. The van der Waals surface area contributed by atoms with Crippen LogP contribution in [0.5, 0.6) is 5.88 Å². The molecular formula is C21H23N5O3S. The van der Waals surface area contributed by atoms with Crippen LogP contribution < -0.4 is 15.6 Å². The average molecular weight is 426 g/mol. The maximum Gasteiger partial charge on any atom is 0.257 e. The standard InChI is InChI=1S/C21H23N5O3S/c22-21-17-3-1-2-13(17)4-7-18(21)14-8-9-24-19(10-14)29-12-16-11-20(30(23,27)28)25-26(16)15-5-6-15/h4,7-11,15H,1-3,5-6,12,22H2,(H2,23,27,28). The van der Waals surface area contributed by atoms with Gasteiger partial charge in [0.2, 0.25) is 5.88 Å². The fourth-order valence-electron chi connectivity index (χ4n) is 4.04. The Morgan fingerprint density at radius 2 is 2.00 bits per heavy atom. The Balaban J connectivity index is 1.40. The minimum absolute atomic E-state index is 0.138. The van der Waals surface area contributed by atoms with Crippen molar-refractivity contribution in [3.63, 3.8) is 0 Å². The minimum atomic E-state index is -3.86. The lowest BCUT2D eigenvalue weighted by Gasteiger charge is -2.12. The molecular weight excluding hydrogens is 402 g/mol. The van der Waals surface area contributed by atoms with Gasteiger partial charge in [0.1, 0.15) is 6.61 Å². The summed E-state index contributed by atoms with van der Waals surface area (Å²) in [5.41, 5.74) is 12.4. The number of benzene rings is 1. The fourth-order valence-corrected chi connectivity index (χ4v) is 4.54. The number of primary sulfonamides is 1. The molecule has 1 saturated carbocycles. The first-order valence-corrected chi connectivity index (χ1v) is 11.6. The second-order valence-electron chi connectivity index (χ2n) is 7.88. The SMILES string of the molecule is Nc1c(-c2ccnc(OCc3cc(S(N)(=O)=O)nn3C3CC3)c2)ccc2c1CCC2. The molecule has 0 saturated heterocycles. The summed E-state index contributed by atoms with van der Waals surface area (Å²) in [7, 11) is -3.86. The molecule has 0 unspecified atom stereocenters. The summed E-state index contributed by atoms with van der Waals surface area (Å²) < 4.78 is 30.9. The monoisotopic (exact) mass is 425 g/mol. The number of sulfonamides is 1. The van der Waals surface area contributed by atoms with Crippen LogP contribution in [-0.2, 0) is 29.5 Å². The van der Waals surface area contributed by atoms with Crippen molar-refractivity contribution in [3.05, 3.63) is 53.3 Å². The zero-order valence-electron chi connectivity index (χ0n) is 16.4. The van der Waals surface area contributed by atoms with Crippen LogP contribution in [0, 0.1) is 0 Å². The molecule has 0 spiro atoms. The highest BCUT2D eigenvalue weighted by atomic mass is 32.2. The molecule has 156 valence electrons. The molecule has 0 amide bonds. The van der Waals surface area contributed by atoms with E-state index < -0.39 is 10.0 Å². The Hall–Kier alpha value is -2.91. The van der Waals surface area contributed by atoms with Crippen molar-refractivity contribution >= 4 is 15.7 Å². The number of anilines is 1. The fraction of sp³-hybridized carbons (Fsp3) is 0.333. The van der Waals surface area contributed by atoms with Gasteiger partial charge in [0, 0.05) is 29.6 Å². The number of hydrogen-bond donors (Lipinski definition) is 2. The smallest absolute Gasteiger partial charge is 0.257 e. The van der Waals surface area contributed by atoms with E-state index in [4.69, 9.17) is 15.6 Å². The third-order valence-electron chi connectivity index (χ3n) is 5.72. The van der Waals surface area contributed by atoms with Crippen LogP contribution in [0.15, 0.2) is 41.6 Å². The first-order valence-electron chi connectivity index (χ1n) is 10.0. The maximum absolute atomic E-state index is 11.7. The third kappa shape index (κ3) is 3.54. The summed E-state index contributed by atoms with van der Waals surface area (Å²) in [6.07, 6.45) is 6.85. The molecule has 4 N–H and O–H groups in total. The lowest BCUT2D eigenvalue weighted by atomic mass is 9.98. The number of aromatic nitrogens is 3. The van der Waals surface area contributed by atoms with E-state index in [1.165, 1.54) is 17.2 Å². The highest BCUT2D eigenvalue weighted by Gasteiger charge is 2.29. The number of nitrogens with two attached hydrogens (primary N) is 2. The predicted molar refractivity (Wildman–Crippen MR) is 112 cm³/mol. The number of nitrogen functional groups attached to an aromatic ring is 1. The quantitative estimate of drug-likeness (QED) is 0.585. The highest BCUT2D eigenvalue weighted by Crippen LogP contribution is 2.37. The van der Waals surface area contributed by atoms with Crippen molar-refractivity contribution in [2.75, 3.05) is 5.73 Å². The molecule has 0 bridgehead atoms. The number of ether oxygens (including phenoxy) is 1. The molecule has 1 aromatic carbocycles. The first kappa shape index (κ1) is 19.1. The van der Waals surface area contributed by atoms with Gasteiger partial charge < -0.3 is 10.5 Å². The highest BCUT2D eigenvalue weighted by molar-refractivity contribution is 7.89. The second kappa shape index (κ2) is 7.10. The summed E-state index contributed by atoms with van der Waals surface area (Å²) in [5.74, 6) is 0.438. The molecule has 2 heterocycles. The van der Waals surface area contributed by atoms with Crippen LogP contribution in [-0.4, -0.2) is 23.2 Å². The van der Waals surface area contributed by atoms with Crippen LogP contribution in [0.2, 0.25) is 0 Å².